The van der Waals surface area contributed by atoms with Crippen LogP contribution in [0.2, 0.25) is 0 Å². The molecule has 0 amide bonds. The minimum absolute atomic E-state index is 0. The second kappa shape index (κ2) is 12.9. The maximum atomic E-state index is 11.6. The molecule has 1 N–H and O–H groups in total. The van der Waals surface area contributed by atoms with Crippen molar-refractivity contribution in [1.29, 1.82) is 0 Å². The SMILES string of the molecule is CCCCN(CCCC)CCCC(O)(c1ccccc1)c1ccccc1.Cl. The van der Waals surface area contributed by atoms with Gasteiger partial charge in [-0.05, 0) is 56.4 Å². The van der Waals surface area contributed by atoms with Crippen LogP contribution in [0.25, 0.3) is 0 Å². The Morgan fingerprint density at radius 3 is 1.52 bits per heavy atom. The molecule has 150 valence electrons. The van der Waals surface area contributed by atoms with Crippen molar-refractivity contribution in [3.8, 4) is 0 Å². The Morgan fingerprint density at radius 2 is 1.11 bits per heavy atom. The van der Waals surface area contributed by atoms with Crippen molar-refractivity contribution in [2.45, 2.75) is 58.0 Å². The average Bonchev–Trinajstić information content (AvgIpc) is 2.70. The van der Waals surface area contributed by atoms with Crippen LogP contribution in [-0.4, -0.2) is 29.6 Å². The Bertz CT molecular complexity index is 555. The first-order valence-electron chi connectivity index (χ1n) is 10.3. The standard InChI is InChI=1S/C24H35NO.ClH/c1-3-5-19-25(20-6-4-2)21-13-18-24(26,22-14-9-7-10-15-22)23-16-11-8-12-17-23;/h7-12,14-17,26H,3-6,13,18-21H2,1-2H3;1H. The molecule has 0 saturated carbocycles. The number of halogens is 1. The molecular formula is C24H36ClNO. The normalized spacial score (nSPS) is 11.4. The highest BCUT2D eigenvalue weighted by Gasteiger charge is 2.30. The van der Waals surface area contributed by atoms with Crippen LogP contribution in [0.1, 0.15) is 63.5 Å². The molecule has 0 aliphatic carbocycles. The van der Waals surface area contributed by atoms with Gasteiger partial charge in [-0.25, -0.2) is 0 Å². The zero-order valence-electron chi connectivity index (χ0n) is 16.9. The molecule has 2 rings (SSSR count). The summed E-state index contributed by atoms with van der Waals surface area (Å²) in [6.07, 6.45) is 6.72. The van der Waals surface area contributed by atoms with Crippen LogP contribution in [-0.2, 0) is 5.60 Å². The molecule has 0 aliphatic rings. The number of rotatable bonds is 12. The van der Waals surface area contributed by atoms with Crippen molar-refractivity contribution in [2.24, 2.45) is 0 Å². The van der Waals surface area contributed by atoms with E-state index in [-0.39, 0.29) is 12.4 Å². The number of unbranched alkanes of at least 4 members (excludes halogenated alkanes) is 2. The van der Waals surface area contributed by atoms with E-state index in [1.807, 2.05) is 60.7 Å². The summed E-state index contributed by atoms with van der Waals surface area (Å²) in [5.41, 5.74) is 1.06. The van der Waals surface area contributed by atoms with Crippen molar-refractivity contribution in [1.82, 2.24) is 4.90 Å². The Balaban J connectivity index is 0.00000364. The zero-order valence-corrected chi connectivity index (χ0v) is 17.8. The third-order valence-electron chi connectivity index (χ3n) is 5.17. The van der Waals surface area contributed by atoms with E-state index in [4.69, 9.17) is 0 Å². The van der Waals surface area contributed by atoms with E-state index in [2.05, 4.69) is 18.7 Å². The Hall–Kier alpha value is -1.35. The van der Waals surface area contributed by atoms with E-state index in [1.165, 1.54) is 38.8 Å². The highest BCUT2D eigenvalue weighted by atomic mass is 35.5. The number of aliphatic hydroxyl groups is 1. The van der Waals surface area contributed by atoms with Crippen LogP contribution >= 0.6 is 12.4 Å². The molecule has 0 fully saturated rings. The first-order valence-corrected chi connectivity index (χ1v) is 10.3. The van der Waals surface area contributed by atoms with Gasteiger partial charge in [0.05, 0.1) is 0 Å². The molecule has 0 aromatic heterocycles. The van der Waals surface area contributed by atoms with Gasteiger partial charge in [-0.3, -0.25) is 0 Å². The molecule has 2 nitrogen and oxygen atoms in total. The van der Waals surface area contributed by atoms with Gasteiger partial charge in [0.1, 0.15) is 5.60 Å². The van der Waals surface area contributed by atoms with Crippen LogP contribution in [0.4, 0.5) is 0 Å². The van der Waals surface area contributed by atoms with Crippen molar-refractivity contribution >= 4 is 12.4 Å². The lowest BCUT2D eigenvalue weighted by atomic mass is 9.82. The molecular weight excluding hydrogens is 354 g/mol. The summed E-state index contributed by atoms with van der Waals surface area (Å²) < 4.78 is 0. The summed E-state index contributed by atoms with van der Waals surface area (Å²) in [6.45, 7) is 7.91. The maximum absolute atomic E-state index is 11.6. The van der Waals surface area contributed by atoms with Gasteiger partial charge in [-0.15, -0.1) is 12.4 Å². The molecule has 0 spiro atoms. The van der Waals surface area contributed by atoms with Gasteiger partial charge >= 0.3 is 0 Å². The molecule has 0 heterocycles. The smallest absolute Gasteiger partial charge is 0.115 e. The van der Waals surface area contributed by atoms with E-state index in [0.717, 1.165) is 30.5 Å². The van der Waals surface area contributed by atoms with Crippen LogP contribution in [0, 0.1) is 0 Å². The molecule has 2 aromatic carbocycles. The monoisotopic (exact) mass is 389 g/mol. The van der Waals surface area contributed by atoms with Gasteiger partial charge in [-0.2, -0.15) is 0 Å². The van der Waals surface area contributed by atoms with Gasteiger partial charge in [0.2, 0.25) is 0 Å². The summed E-state index contributed by atoms with van der Waals surface area (Å²) in [4.78, 5) is 2.57. The van der Waals surface area contributed by atoms with Crippen molar-refractivity contribution in [2.75, 3.05) is 19.6 Å². The fraction of sp³-hybridized carbons (Fsp3) is 0.500. The number of benzene rings is 2. The van der Waals surface area contributed by atoms with Crippen LogP contribution < -0.4 is 0 Å². The number of nitrogens with zero attached hydrogens (tertiary/aromatic N) is 1. The molecule has 0 aliphatic heterocycles. The van der Waals surface area contributed by atoms with Gasteiger partial charge < -0.3 is 10.0 Å². The predicted molar refractivity (Wildman–Crippen MR) is 119 cm³/mol. The van der Waals surface area contributed by atoms with E-state index >= 15 is 0 Å². The van der Waals surface area contributed by atoms with E-state index in [9.17, 15) is 5.11 Å². The third kappa shape index (κ3) is 7.29. The van der Waals surface area contributed by atoms with Gasteiger partial charge in [0.25, 0.3) is 0 Å². The number of hydrogen-bond acceptors (Lipinski definition) is 2. The summed E-state index contributed by atoms with van der Waals surface area (Å²) >= 11 is 0. The minimum Gasteiger partial charge on any atom is -0.380 e. The largest absolute Gasteiger partial charge is 0.380 e. The third-order valence-corrected chi connectivity index (χ3v) is 5.17. The molecule has 3 heteroatoms. The Morgan fingerprint density at radius 1 is 0.704 bits per heavy atom. The number of hydrogen-bond donors (Lipinski definition) is 1. The molecule has 2 aromatic rings. The highest BCUT2D eigenvalue weighted by molar-refractivity contribution is 5.85. The minimum atomic E-state index is -0.913. The second-order valence-electron chi connectivity index (χ2n) is 7.24. The summed E-state index contributed by atoms with van der Waals surface area (Å²) in [5.74, 6) is 0. The molecule has 0 atom stereocenters. The Kier molecular flexibility index (Phi) is 11.3. The van der Waals surface area contributed by atoms with Crippen LogP contribution in [0.5, 0.6) is 0 Å². The first kappa shape index (κ1) is 23.7. The lowest BCUT2D eigenvalue weighted by Gasteiger charge is -2.31. The Labute approximate surface area is 172 Å². The zero-order chi connectivity index (χ0) is 18.7. The van der Waals surface area contributed by atoms with E-state index in [0.29, 0.717) is 0 Å². The fourth-order valence-corrected chi connectivity index (χ4v) is 3.54. The lowest BCUT2D eigenvalue weighted by Crippen LogP contribution is -2.31. The van der Waals surface area contributed by atoms with Crippen molar-refractivity contribution in [3.63, 3.8) is 0 Å². The summed E-state index contributed by atoms with van der Waals surface area (Å²) in [5, 5.41) is 11.6. The first-order chi connectivity index (χ1) is 12.7. The lowest BCUT2D eigenvalue weighted by molar-refractivity contribution is 0.0646. The van der Waals surface area contributed by atoms with Crippen LogP contribution in [0.3, 0.4) is 0 Å². The van der Waals surface area contributed by atoms with E-state index in [1.54, 1.807) is 0 Å². The molecule has 0 radical (unpaired) electrons. The summed E-state index contributed by atoms with van der Waals surface area (Å²) in [6, 6.07) is 20.2. The van der Waals surface area contributed by atoms with Gasteiger partial charge in [0, 0.05) is 0 Å². The molecule has 0 saturated heterocycles. The average molecular weight is 390 g/mol. The molecule has 0 bridgehead atoms. The molecule has 27 heavy (non-hydrogen) atoms. The fourth-order valence-electron chi connectivity index (χ4n) is 3.54. The second-order valence-corrected chi connectivity index (χ2v) is 7.24. The van der Waals surface area contributed by atoms with Gasteiger partial charge in [0.15, 0.2) is 0 Å². The maximum Gasteiger partial charge on any atom is 0.115 e. The van der Waals surface area contributed by atoms with Crippen LogP contribution in [0.15, 0.2) is 60.7 Å². The quantitative estimate of drug-likeness (QED) is 0.479. The van der Waals surface area contributed by atoms with Crippen molar-refractivity contribution < 1.29 is 5.11 Å². The van der Waals surface area contributed by atoms with E-state index < -0.39 is 5.60 Å². The topological polar surface area (TPSA) is 23.5 Å². The van der Waals surface area contributed by atoms with Crippen molar-refractivity contribution in [3.05, 3.63) is 71.8 Å². The summed E-state index contributed by atoms with van der Waals surface area (Å²) in [7, 11) is 0. The molecule has 0 unspecified atom stereocenters. The highest BCUT2D eigenvalue weighted by Crippen LogP contribution is 2.34. The predicted octanol–water partition coefficient (Wildman–Crippen LogP) is 6.03. The van der Waals surface area contributed by atoms with Gasteiger partial charge in [-0.1, -0.05) is 87.4 Å².